The van der Waals surface area contributed by atoms with E-state index in [9.17, 15) is 23.5 Å². The Bertz CT molecular complexity index is 539. The van der Waals surface area contributed by atoms with Gasteiger partial charge in [0, 0.05) is 6.54 Å². The third kappa shape index (κ3) is 2.79. The second kappa shape index (κ2) is 5.56. The molecule has 0 bridgehead atoms. The summed E-state index contributed by atoms with van der Waals surface area (Å²) in [5.41, 5.74) is -1.40. The van der Waals surface area contributed by atoms with Crippen LogP contribution in [0.4, 0.5) is 8.78 Å². The van der Waals surface area contributed by atoms with Crippen LogP contribution in [0.5, 0.6) is 0 Å². The lowest BCUT2D eigenvalue weighted by Crippen LogP contribution is -2.41. The molecule has 0 spiro atoms. The molecule has 1 aromatic carbocycles. The van der Waals surface area contributed by atoms with Crippen LogP contribution >= 0.6 is 0 Å². The van der Waals surface area contributed by atoms with Crippen molar-refractivity contribution >= 4 is 11.9 Å². The van der Waals surface area contributed by atoms with Gasteiger partial charge in [-0.2, -0.15) is 0 Å². The van der Waals surface area contributed by atoms with E-state index >= 15 is 0 Å². The molecule has 0 atom stereocenters. The Hall–Kier alpha value is -1.98. The minimum Gasteiger partial charge on any atom is -0.481 e. The third-order valence-corrected chi connectivity index (χ3v) is 3.77. The monoisotopic (exact) mass is 283 g/mol. The van der Waals surface area contributed by atoms with Gasteiger partial charge in [0.1, 0.15) is 11.6 Å². The molecule has 1 saturated carbocycles. The van der Waals surface area contributed by atoms with E-state index in [1.807, 2.05) is 0 Å². The molecule has 0 heterocycles. The molecule has 0 aromatic heterocycles. The van der Waals surface area contributed by atoms with Crippen LogP contribution in [-0.4, -0.2) is 23.5 Å². The summed E-state index contributed by atoms with van der Waals surface area (Å²) in [7, 11) is 0. The van der Waals surface area contributed by atoms with Gasteiger partial charge in [0.05, 0.1) is 11.0 Å². The zero-order valence-corrected chi connectivity index (χ0v) is 10.8. The second-order valence-corrected chi connectivity index (χ2v) is 5.10. The second-order valence-electron chi connectivity index (χ2n) is 5.10. The van der Waals surface area contributed by atoms with E-state index in [-0.39, 0.29) is 6.54 Å². The maximum absolute atomic E-state index is 13.4. The normalized spacial score (nSPS) is 16.9. The first-order valence-corrected chi connectivity index (χ1v) is 6.41. The van der Waals surface area contributed by atoms with Crippen LogP contribution in [-0.2, 0) is 4.79 Å². The maximum atomic E-state index is 13.4. The highest BCUT2D eigenvalue weighted by atomic mass is 19.1. The number of hydrogen-bond donors (Lipinski definition) is 2. The molecule has 1 amide bonds. The van der Waals surface area contributed by atoms with Crippen molar-refractivity contribution < 1.29 is 23.5 Å². The van der Waals surface area contributed by atoms with Gasteiger partial charge in [0.25, 0.3) is 5.91 Å². The molecule has 0 saturated heterocycles. The molecule has 1 aliphatic rings. The van der Waals surface area contributed by atoms with E-state index in [4.69, 9.17) is 0 Å². The lowest BCUT2D eigenvalue weighted by Gasteiger charge is -2.24. The van der Waals surface area contributed by atoms with Crippen LogP contribution < -0.4 is 5.32 Å². The van der Waals surface area contributed by atoms with Gasteiger partial charge < -0.3 is 10.4 Å². The van der Waals surface area contributed by atoms with Crippen molar-refractivity contribution in [1.82, 2.24) is 5.32 Å². The van der Waals surface area contributed by atoms with Crippen molar-refractivity contribution in [3.05, 3.63) is 35.4 Å². The molecule has 0 radical (unpaired) electrons. The van der Waals surface area contributed by atoms with E-state index in [0.717, 1.165) is 31.0 Å². The highest BCUT2D eigenvalue weighted by Crippen LogP contribution is 2.37. The number of amides is 1. The standard InChI is InChI=1S/C14H15F2NO3/c15-9-3-4-11(16)10(7-9)12(18)17-8-14(13(19)20)5-1-2-6-14/h3-4,7H,1-2,5-6,8H2,(H,17,18)(H,19,20). The molecule has 0 aliphatic heterocycles. The van der Waals surface area contributed by atoms with Gasteiger partial charge in [0.2, 0.25) is 0 Å². The molecular formula is C14H15F2NO3. The summed E-state index contributed by atoms with van der Waals surface area (Å²) in [6.45, 7) is -0.0723. The first-order valence-electron chi connectivity index (χ1n) is 6.41. The van der Waals surface area contributed by atoms with Crippen LogP contribution in [0.25, 0.3) is 0 Å². The molecule has 20 heavy (non-hydrogen) atoms. The quantitative estimate of drug-likeness (QED) is 0.891. The van der Waals surface area contributed by atoms with E-state index in [1.54, 1.807) is 0 Å². The Kier molecular flexibility index (Phi) is 4.01. The van der Waals surface area contributed by atoms with Gasteiger partial charge in [0.15, 0.2) is 0 Å². The number of rotatable bonds is 4. The van der Waals surface area contributed by atoms with E-state index < -0.39 is 34.5 Å². The van der Waals surface area contributed by atoms with Crippen molar-refractivity contribution in [2.75, 3.05) is 6.54 Å². The number of benzene rings is 1. The Morgan fingerprint density at radius 2 is 1.90 bits per heavy atom. The summed E-state index contributed by atoms with van der Waals surface area (Å²) < 4.78 is 26.4. The minimum atomic E-state index is -0.987. The van der Waals surface area contributed by atoms with Crippen LogP contribution in [0, 0.1) is 17.0 Å². The number of nitrogens with one attached hydrogen (secondary N) is 1. The van der Waals surface area contributed by atoms with E-state index in [2.05, 4.69) is 5.32 Å². The molecular weight excluding hydrogens is 268 g/mol. The lowest BCUT2D eigenvalue weighted by molar-refractivity contribution is -0.148. The predicted octanol–water partition coefficient (Wildman–Crippen LogP) is 2.34. The van der Waals surface area contributed by atoms with Gasteiger partial charge in [-0.15, -0.1) is 0 Å². The fraction of sp³-hybridized carbons (Fsp3) is 0.429. The molecule has 1 aromatic rings. The molecule has 6 heteroatoms. The number of carboxylic acid groups (broad SMARTS) is 1. The minimum absolute atomic E-state index is 0.0723. The Labute approximate surface area is 114 Å². The SMILES string of the molecule is O=C(NCC1(C(=O)O)CCCC1)c1cc(F)ccc1F. The van der Waals surface area contributed by atoms with Crippen LogP contribution in [0.1, 0.15) is 36.0 Å². The van der Waals surface area contributed by atoms with Crippen LogP contribution in [0.2, 0.25) is 0 Å². The predicted molar refractivity (Wildman–Crippen MR) is 67.2 cm³/mol. The summed E-state index contributed by atoms with van der Waals surface area (Å²) in [5, 5.41) is 11.7. The highest BCUT2D eigenvalue weighted by Gasteiger charge is 2.41. The molecule has 4 nitrogen and oxygen atoms in total. The van der Waals surface area contributed by atoms with E-state index in [0.29, 0.717) is 12.8 Å². The van der Waals surface area contributed by atoms with Crippen molar-refractivity contribution in [2.24, 2.45) is 5.41 Å². The van der Waals surface area contributed by atoms with Crippen molar-refractivity contribution in [2.45, 2.75) is 25.7 Å². The van der Waals surface area contributed by atoms with E-state index in [1.165, 1.54) is 0 Å². The van der Waals surface area contributed by atoms with Crippen LogP contribution in [0.15, 0.2) is 18.2 Å². The largest absolute Gasteiger partial charge is 0.481 e. The molecule has 2 N–H and O–H groups in total. The Morgan fingerprint density at radius 1 is 1.25 bits per heavy atom. The fourth-order valence-corrected chi connectivity index (χ4v) is 2.53. The number of carbonyl (C=O) groups is 2. The van der Waals surface area contributed by atoms with Gasteiger partial charge in [-0.25, -0.2) is 8.78 Å². The van der Waals surface area contributed by atoms with Gasteiger partial charge >= 0.3 is 5.97 Å². The maximum Gasteiger partial charge on any atom is 0.311 e. The Balaban J connectivity index is 2.08. The first kappa shape index (κ1) is 14.4. The summed E-state index contributed by atoms with van der Waals surface area (Å²) in [6.07, 6.45) is 2.54. The molecule has 0 unspecified atom stereocenters. The topological polar surface area (TPSA) is 66.4 Å². The van der Waals surface area contributed by atoms with Crippen molar-refractivity contribution in [3.63, 3.8) is 0 Å². The lowest BCUT2D eigenvalue weighted by atomic mass is 9.86. The number of aliphatic carboxylic acids is 1. The summed E-state index contributed by atoms with van der Waals surface area (Å²) in [4.78, 5) is 23.1. The van der Waals surface area contributed by atoms with Gasteiger partial charge in [-0.1, -0.05) is 12.8 Å². The first-order chi connectivity index (χ1) is 9.44. The van der Waals surface area contributed by atoms with Crippen molar-refractivity contribution in [3.8, 4) is 0 Å². The summed E-state index contributed by atoms with van der Waals surface area (Å²) >= 11 is 0. The number of carbonyl (C=O) groups excluding carboxylic acids is 1. The highest BCUT2D eigenvalue weighted by molar-refractivity contribution is 5.94. The number of halogens is 2. The number of carboxylic acids is 1. The third-order valence-electron chi connectivity index (χ3n) is 3.77. The Morgan fingerprint density at radius 3 is 2.50 bits per heavy atom. The molecule has 1 fully saturated rings. The van der Waals surface area contributed by atoms with Gasteiger partial charge in [-0.05, 0) is 31.0 Å². The zero-order valence-electron chi connectivity index (χ0n) is 10.8. The smallest absolute Gasteiger partial charge is 0.311 e. The van der Waals surface area contributed by atoms with Crippen molar-refractivity contribution in [1.29, 1.82) is 0 Å². The molecule has 1 aliphatic carbocycles. The zero-order chi connectivity index (χ0) is 14.8. The average molecular weight is 283 g/mol. The van der Waals surface area contributed by atoms with Gasteiger partial charge in [-0.3, -0.25) is 9.59 Å². The fourth-order valence-electron chi connectivity index (χ4n) is 2.53. The summed E-state index contributed by atoms with van der Waals surface area (Å²) in [5.74, 6) is -3.31. The molecule has 2 rings (SSSR count). The number of hydrogen-bond acceptors (Lipinski definition) is 2. The van der Waals surface area contributed by atoms with Crippen LogP contribution in [0.3, 0.4) is 0 Å². The molecule has 108 valence electrons. The summed E-state index contributed by atoms with van der Waals surface area (Å²) in [6, 6.07) is 2.58. The average Bonchev–Trinajstić information content (AvgIpc) is 2.89.